The van der Waals surface area contributed by atoms with Gasteiger partial charge in [-0.3, -0.25) is 0 Å². The van der Waals surface area contributed by atoms with Crippen molar-refractivity contribution in [2.45, 2.75) is 20.5 Å². The molecule has 0 atom stereocenters. The number of esters is 1. The number of methoxy groups -OCH3 is 1. The van der Waals surface area contributed by atoms with Gasteiger partial charge in [-0.05, 0) is 37.1 Å². The number of benzene rings is 2. The summed E-state index contributed by atoms with van der Waals surface area (Å²) in [6.45, 7) is 5.35. The van der Waals surface area contributed by atoms with Gasteiger partial charge in [0.1, 0.15) is 24.7 Å². The quantitative estimate of drug-likeness (QED) is 0.355. The molecule has 5 heteroatoms. The molecule has 0 aliphatic carbocycles. The monoisotopic (exact) mass is 370 g/mol. The number of allylic oxidation sites excluding steroid dienone is 1. The van der Waals surface area contributed by atoms with Crippen LogP contribution in [-0.4, -0.2) is 32.9 Å². The first-order valence-electron chi connectivity index (χ1n) is 8.92. The average Bonchev–Trinajstić information content (AvgIpc) is 2.67. The lowest BCUT2D eigenvalue weighted by atomic mass is 10.1. The fourth-order valence-electron chi connectivity index (χ4n) is 2.45. The molecule has 0 aliphatic rings. The Bertz CT molecular complexity index is 753. The van der Waals surface area contributed by atoms with Crippen molar-refractivity contribution in [3.63, 3.8) is 0 Å². The molecule has 0 N–H and O–H groups in total. The van der Waals surface area contributed by atoms with Crippen molar-refractivity contribution in [3.05, 3.63) is 65.7 Å². The molecule has 0 bridgehead atoms. The number of carbonyl (C=O) groups is 1. The predicted molar refractivity (Wildman–Crippen MR) is 105 cm³/mol. The molecule has 2 rings (SSSR count). The molecular weight excluding hydrogens is 344 g/mol. The maximum Gasteiger partial charge on any atom is 0.331 e. The molecule has 0 saturated carbocycles. The van der Waals surface area contributed by atoms with E-state index in [2.05, 4.69) is 0 Å². The molecule has 0 radical (unpaired) electrons. The topological polar surface area (TPSA) is 54.0 Å². The smallest absolute Gasteiger partial charge is 0.331 e. The van der Waals surface area contributed by atoms with E-state index < -0.39 is 0 Å². The fraction of sp³-hybridized carbons (Fsp3) is 0.318. The lowest BCUT2D eigenvalue weighted by Gasteiger charge is -2.14. The highest BCUT2D eigenvalue weighted by atomic mass is 16.5. The number of hydrogen-bond donors (Lipinski definition) is 0. The molecule has 2 aromatic rings. The average molecular weight is 370 g/mol. The van der Waals surface area contributed by atoms with E-state index in [1.807, 2.05) is 55.5 Å². The first-order chi connectivity index (χ1) is 13.1. The summed E-state index contributed by atoms with van der Waals surface area (Å²) in [5.74, 6) is 0.957. The summed E-state index contributed by atoms with van der Waals surface area (Å²) >= 11 is 0. The van der Waals surface area contributed by atoms with Crippen LogP contribution in [0, 0.1) is 0 Å². The normalized spacial score (nSPS) is 11.1. The second kappa shape index (κ2) is 11.0. The first kappa shape index (κ1) is 20.5. The standard InChI is InChI=1S/C22H26O5/c1-4-25-22(23)14-17(2)20-11-10-19(26-13-12-24-3)15-21(20)27-16-18-8-6-5-7-9-18/h5-11,14-15H,4,12-13,16H2,1-3H3/b17-14+. The third kappa shape index (κ3) is 6.79. The zero-order chi connectivity index (χ0) is 19.5. The fourth-order valence-corrected chi connectivity index (χ4v) is 2.45. The van der Waals surface area contributed by atoms with Crippen LogP contribution in [0.15, 0.2) is 54.6 Å². The minimum absolute atomic E-state index is 0.340. The van der Waals surface area contributed by atoms with E-state index in [1.54, 1.807) is 14.0 Å². The second-order valence-electron chi connectivity index (χ2n) is 5.85. The summed E-state index contributed by atoms with van der Waals surface area (Å²) in [4.78, 5) is 11.8. The summed E-state index contributed by atoms with van der Waals surface area (Å²) in [5.41, 5.74) is 2.64. The van der Waals surface area contributed by atoms with Gasteiger partial charge in [-0.15, -0.1) is 0 Å². The number of rotatable bonds is 10. The third-order valence-corrected chi connectivity index (χ3v) is 3.79. The predicted octanol–water partition coefficient (Wildman–Crippen LogP) is 4.26. The van der Waals surface area contributed by atoms with Crippen LogP contribution in [0.5, 0.6) is 11.5 Å². The molecule has 27 heavy (non-hydrogen) atoms. The molecule has 0 heterocycles. The van der Waals surface area contributed by atoms with Crippen molar-refractivity contribution in [1.29, 1.82) is 0 Å². The summed E-state index contributed by atoms with van der Waals surface area (Å²) in [5, 5.41) is 0. The maximum absolute atomic E-state index is 11.8. The van der Waals surface area contributed by atoms with Crippen molar-refractivity contribution in [1.82, 2.24) is 0 Å². The van der Waals surface area contributed by atoms with Crippen molar-refractivity contribution in [3.8, 4) is 11.5 Å². The molecule has 0 unspecified atom stereocenters. The Hall–Kier alpha value is -2.79. The van der Waals surface area contributed by atoms with Crippen molar-refractivity contribution < 1.29 is 23.7 Å². The van der Waals surface area contributed by atoms with Gasteiger partial charge in [0.25, 0.3) is 0 Å². The van der Waals surface area contributed by atoms with Crippen molar-refractivity contribution in [2.75, 3.05) is 26.9 Å². The van der Waals surface area contributed by atoms with Gasteiger partial charge in [0.15, 0.2) is 0 Å². The molecule has 0 aliphatic heterocycles. The lowest BCUT2D eigenvalue weighted by molar-refractivity contribution is -0.137. The van der Waals surface area contributed by atoms with Crippen LogP contribution in [-0.2, 0) is 20.9 Å². The van der Waals surface area contributed by atoms with E-state index in [-0.39, 0.29) is 5.97 Å². The van der Waals surface area contributed by atoms with Crippen LogP contribution >= 0.6 is 0 Å². The summed E-state index contributed by atoms with van der Waals surface area (Å²) in [6, 6.07) is 15.5. The molecular formula is C22H26O5. The molecule has 5 nitrogen and oxygen atoms in total. The van der Waals surface area contributed by atoms with E-state index in [1.165, 1.54) is 6.08 Å². The van der Waals surface area contributed by atoms with Gasteiger partial charge in [-0.2, -0.15) is 0 Å². The van der Waals surface area contributed by atoms with Gasteiger partial charge in [0.2, 0.25) is 0 Å². The molecule has 0 saturated heterocycles. The Morgan fingerprint density at radius 3 is 2.52 bits per heavy atom. The van der Waals surface area contributed by atoms with Gasteiger partial charge in [-0.1, -0.05) is 30.3 Å². The van der Waals surface area contributed by atoms with E-state index in [9.17, 15) is 4.79 Å². The van der Waals surface area contributed by atoms with E-state index in [0.29, 0.717) is 37.9 Å². The van der Waals surface area contributed by atoms with Crippen LogP contribution in [0.4, 0.5) is 0 Å². The zero-order valence-electron chi connectivity index (χ0n) is 16.1. The molecule has 0 aromatic heterocycles. The highest BCUT2D eigenvalue weighted by molar-refractivity contribution is 5.91. The largest absolute Gasteiger partial charge is 0.491 e. The SMILES string of the molecule is CCOC(=O)/C=C(\C)c1ccc(OCCOC)cc1OCc1ccccc1. The van der Waals surface area contributed by atoms with Crippen LogP contribution in [0.25, 0.3) is 5.57 Å². The Balaban J connectivity index is 2.23. The van der Waals surface area contributed by atoms with Gasteiger partial charge >= 0.3 is 5.97 Å². The Morgan fingerprint density at radius 1 is 1.04 bits per heavy atom. The highest BCUT2D eigenvalue weighted by Crippen LogP contribution is 2.31. The highest BCUT2D eigenvalue weighted by Gasteiger charge is 2.10. The number of ether oxygens (including phenoxy) is 4. The van der Waals surface area contributed by atoms with Crippen LogP contribution < -0.4 is 9.47 Å². The minimum atomic E-state index is -0.371. The lowest BCUT2D eigenvalue weighted by Crippen LogP contribution is -2.05. The second-order valence-corrected chi connectivity index (χ2v) is 5.85. The Kier molecular flexibility index (Phi) is 8.39. The molecule has 0 amide bonds. The first-order valence-corrected chi connectivity index (χ1v) is 8.92. The Labute approximate surface area is 160 Å². The summed E-state index contributed by atoms with van der Waals surface area (Å²) < 4.78 is 21.7. The summed E-state index contributed by atoms with van der Waals surface area (Å²) in [7, 11) is 1.63. The van der Waals surface area contributed by atoms with E-state index in [0.717, 1.165) is 16.7 Å². The van der Waals surface area contributed by atoms with Gasteiger partial charge < -0.3 is 18.9 Å². The van der Waals surface area contributed by atoms with Gasteiger partial charge in [0, 0.05) is 24.8 Å². The van der Waals surface area contributed by atoms with Crippen LogP contribution in [0.2, 0.25) is 0 Å². The third-order valence-electron chi connectivity index (χ3n) is 3.79. The number of hydrogen-bond acceptors (Lipinski definition) is 5. The number of carbonyl (C=O) groups excluding carboxylic acids is 1. The molecule has 0 spiro atoms. The van der Waals surface area contributed by atoms with Crippen LogP contribution in [0.1, 0.15) is 25.0 Å². The van der Waals surface area contributed by atoms with Crippen LogP contribution in [0.3, 0.4) is 0 Å². The van der Waals surface area contributed by atoms with E-state index in [4.69, 9.17) is 18.9 Å². The van der Waals surface area contributed by atoms with E-state index >= 15 is 0 Å². The van der Waals surface area contributed by atoms with Gasteiger partial charge in [-0.25, -0.2) is 4.79 Å². The Morgan fingerprint density at radius 2 is 1.81 bits per heavy atom. The molecule has 2 aromatic carbocycles. The zero-order valence-corrected chi connectivity index (χ0v) is 16.1. The maximum atomic E-state index is 11.8. The molecule has 144 valence electrons. The van der Waals surface area contributed by atoms with Crippen molar-refractivity contribution in [2.24, 2.45) is 0 Å². The van der Waals surface area contributed by atoms with Crippen molar-refractivity contribution >= 4 is 11.5 Å². The minimum Gasteiger partial charge on any atom is -0.491 e. The van der Waals surface area contributed by atoms with Gasteiger partial charge in [0.05, 0.1) is 13.2 Å². The molecule has 0 fully saturated rings. The summed E-state index contributed by atoms with van der Waals surface area (Å²) in [6.07, 6.45) is 1.47.